The Morgan fingerprint density at radius 1 is 1.13 bits per heavy atom. The first-order chi connectivity index (χ1) is 15.1. The molecule has 0 unspecified atom stereocenters. The van der Waals surface area contributed by atoms with E-state index in [-0.39, 0.29) is 5.91 Å². The van der Waals surface area contributed by atoms with Crippen molar-refractivity contribution in [3.05, 3.63) is 83.7 Å². The Kier molecular flexibility index (Phi) is 5.67. The molecule has 6 heteroatoms. The van der Waals surface area contributed by atoms with Crippen LogP contribution in [0.5, 0.6) is 5.88 Å². The van der Waals surface area contributed by atoms with Crippen LogP contribution in [0.1, 0.15) is 21.5 Å². The number of fused-ring (bicyclic) bond motifs is 1. The van der Waals surface area contributed by atoms with Gasteiger partial charge in [-0.15, -0.1) is 0 Å². The first-order valence-corrected chi connectivity index (χ1v) is 9.96. The molecule has 1 N–H and O–H groups in total. The van der Waals surface area contributed by atoms with Gasteiger partial charge in [0, 0.05) is 54.1 Å². The lowest BCUT2D eigenvalue weighted by molar-refractivity contribution is 0.0954. The van der Waals surface area contributed by atoms with Gasteiger partial charge in [0.25, 0.3) is 5.91 Å². The monoisotopic (exact) mass is 410 g/mol. The highest BCUT2D eigenvalue weighted by Crippen LogP contribution is 2.22. The summed E-state index contributed by atoms with van der Waals surface area (Å²) >= 11 is 0. The fourth-order valence-electron chi connectivity index (χ4n) is 3.59. The van der Waals surface area contributed by atoms with Gasteiger partial charge in [0.1, 0.15) is 6.07 Å². The quantitative estimate of drug-likeness (QED) is 0.519. The standard InChI is InChI=1S/C25H22N4O2/c1-29-16-21(14-26)22-13-17(3-9-23(22)29)11-12-27-25(30)19-6-4-18(5-7-19)20-8-10-24(31-2)28-15-20/h3-10,13,15-16H,11-12H2,1-2H3,(H,27,30). The van der Waals surface area contributed by atoms with E-state index in [4.69, 9.17) is 4.74 Å². The number of hydrogen-bond acceptors (Lipinski definition) is 4. The van der Waals surface area contributed by atoms with Crippen LogP contribution in [0.25, 0.3) is 22.0 Å². The number of carbonyl (C=O) groups excluding carboxylic acids is 1. The number of nitrogens with one attached hydrogen (secondary N) is 1. The summed E-state index contributed by atoms with van der Waals surface area (Å²) in [6, 6.07) is 19.5. The summed E-state index contributed by atoms with van der Waals surface area (Å²) in [6.07, 6.45) is 4.27. The molecular weight excluding hydrogens is 388 g/mol. The molecule has 0 spiro atoms. The maximum absolute atomic E-state index is 12.5. The minimum atomic E-state index is -0.113. The van der Waals surface area contributed by atoms with Crippen molar-refractivity contribution in [2.24, 2.45) is 7.05 Å². The molecule has 0 fully saturated rings. The maximum atomic E-state index is 12.5. The first kappa shape index (κ1) is 20.2. The van der Waals surface area contributed by atoms with E-state index < -0.39 is 0 Å². The van der Waals surface area contributed by atoms with E-state index in [0.717, 1.165) is 27.6 Å². The van der Waals surface area contributed by atoms with Crippen LogP contribution in [0.4, 0.5) is 0 Å². The molecule has 31 heavy (non-hydrogen) atoms. The lowest BCUT2D eigenvalue weighted by atomic mass is 10.1. The number of aromatic nitrogens is 2. The van der Waals surface area contributed by atoms with Crippen molar-refractivity contribution in [1.82, 2.24) is 14.9 Å². The van der Waals surface area contributed by atoms with Gasteiger partial charge < -0.3 is 14.6 Å². The van der Waals surface area contributed by atoms with Crippen molar-refractivity contribution >= 4 is 16.8 Å². The Bertz CT molecular complexity index is 1270. The molecule has 0 aliphatic heterocycles. The number of aryl methyl sites for hydroxylation is 1. The topological polar surface area (TPSA) is 79.9 Å². The van der Waals surface area contributed by atoms with E-state index in [2.05, 4.69) is 16.4 Å². The van der Waals surface area contributed by atoms with Gasteiger partial charge in [0.05, 0.1) is 12.7 Å². The van der Waals surface area contributed by atoms with Gasteiger partial charge in [-0.2, -0.15) is 5.26 Å². The highest BCUT2D eigenvalue weighted by atomic mass is 16.5. The minimum absolute atomic E-state index is 0.113. The van der Waals surface area contributed by atoms with Gasteiger partial charge >= 0.3 is 0 Å². The van der Waals surface area contributed by atoms with E-state index in [0.29, 0.717) is 30.0 Å². The molecule has 2 aromatic heterocycles. The molecule has 0 saturated carbocycles. The van der Waals surface area contributed by atoms with E-state index >= 15 is 0 Å². The van der Waals surface area contributed by atoms with Crippen molar-refractivity contribution < 1.29 is 9.53 Å². The van der Waals surface area contributed by atoms with Crippen molar-refractivity contribution in [2.45, 2.75) is 6.42 Å². The number of amides is 1. The Labute approximate surface area is 180 Å². The molecule has 4 aromatic rings. The van der Waals surface area contributed by atoms with E-state index in [1.165, 1.54) is 0 Å². The van der Waals surface area contributed by atoms with Crippen LogP contribution in [0.3, 0.4) is 0 Å². The number of methoxy groups -OCH3 is 1. The van der Waals surface area contributed by atoms with E-state index in [1.54, 1.807) is 13.3 Å². The van der Waals surface area contributed by atoms with Crippen molar-refractivity contribution in [1.29, 1.82) is 5.26 Å². The molecule has 0 aliphatic carbocycles. The van der Waals surface area contributed by atoms with E-state index in [1.807, 2.05) is 72.4 Å². The second-order valence-electron chi connectivity index (χ2n) is 7.29. The number of hydrogen-bond donors (Lipinski definition) is 1. The van der Waals surface area contributed by atoms with Crippen LogP contribution in [-0.2, 0) is 13.5 Å². The summed E-state index contributed by atoms with van der Waals surface area (Å²) in [5.74, 6) is 0.452. The molecule has 0 saturated heterocycles. The number of benzene rings is 2. The predicted molar refractivity (Wildman–Crippen MR) is 120 cm³/mol. The zero-order valence-electron chi connectivity index (χ0n) is 17.4. The molecule has 2 aromatic carbocycles. The van der Waals surface area contributed by atoms with Crippen molar-refractivity contribution in [3.63, 3.8) is 0 Å². The zero-order valence-corrected chi connectivity index (χ0v) is 17.4. The third-order valence-electron chi connectivity index (χ3n) is 5.30. The second-order valence-corrected chi connectivity index (χ2v) is 7.29. The largest absolute Gasteiger partial charge is 0.481 e. The average molecular weight is 410 g/mol. The Morgan fingerprint density at radius 3 is 2.58 bits per heavy atom. The molecular formula is C25H22N4O2. The number of carbonyl (C=O) groups is 1. The SMILES string of the molecule is COc1ccc(-c2ccc(C(=O)NCCc3ccc4c(c3)c(C#N)cn4C)cc2)cn1. The summed E-state index contributed by atoms with van der Waals surface area (Å²) in [5, 5.41) is 13.2. The van der Waals surface area contributed by atoms with Crippen LogP contribution in [0.15, 0.2) is 67.0 Å². The molecule has 0 radical (unpaired) electrons. The molecule has 154 valence electrons. The second kappa shape index (κ2) is 8.72. The molecule has 2 heterocycles. The minimum Gasteiger partial charge on any atom is -0.481 e. The van der Waals surface area contributed by atoms with Crippen LogP contribution in [0, 0.1) is 11.3 Å². The summed E-state index contributed by atoms with van der Waals surface area (Å²) in [6.45, 7) is 0.517. The fourth-order valence-corrected chi connectivity index (χ4v) is 3.59. The maximum Gasteiger partial charge on any atom is 0.251 e. The van der Waals surface area contributed by atoms with Gasteiger partial charge in [-0.05, 0) is 47.9 Å². The lowest BCUT2D eigenvalue weighted by Crippen LogP contribution is -2.25. The predicted octanol–water partition coefficient (Wildman–Crippen LogP) is 4.09. The molecule has 1 amide bonds. The van der Waals surface area contributed by atoms with Crippen molar-refractivity contribution in [2.75, 3.05) is 13.7 Å². The summed E-state index contributed by atoms with van der Waals surface area (Å²) in [7, 11) is 3.51. The van der Waals surface area contributed by atoms with Gasteiger partial charge in [-0.3, -0.25) is 4.79 Å². The normalized spacial score (nSPS) is 10.6. The number of ether oxygens (including phenoxy) is 1. The van der Waals surface area contributed by atoms with Crippen LogP contribution < -0.4 is 10.1 Å². The Morgan fingerprint density at radius 2 is 1.90 bits per heavy atom. The fraction of sp³-hybridized carbons (Fsp3) is 0.160. The van der Waals surface area contributed by atoms with Crippen LogP contribution >= 0.6 is 0 Å². The first-order valence-electron chi connectivity index (χ1n) is 9.96. The third kappa shape index (κ3) is 4.26. The average Bonchev–Trinajstić information content (AvgIpc) is 3.14. The van der Waals surface area contributed by atoms with Crippen molar-refractivity contribution in [3.8, 4) is 23.1 Å². The number of nitrogens with zero attached hydrogens (tertiary/aromatic N) is 3. The molecule has 4 rings (SSSR count). The summed E-state index contributed by atoms with van der Waals surface area (Å²) in [4.78, 5) is 16.7. The lowest BCUT2D eigenvalue weighted by Gasteiger charge is -2.08. The number of nitriles is 1. The Hall–Kier alpha value is -4.11. The smallest absolute Gasteiger partial charge is 0.251 e. The highest BCUT2D eigenvalue weighted by molar-refractivity contribution is 5.94. The zero-order chi connectivity index (χ0) is 21.8. The van der Waals surface area contributed by atoms with Gasteiger partial charge in [0.15, 0.2) is 0 Å². The highest BCUT2D eigenvalue weighted by Gasteiger charge is 2.09. The van der Waals surface area contributed by atoms with Crippen LogP contribution in [0.2, 0.25) is 0 Å². The van der Waals surface area contributed by atoms with Gasteiger partial charge in [-0.25, -0.2) is 4.98 Å². The summed E-state index contributed by atoms with van der Waals surface area (Å²) in [5.41, 5.74) is 5.32. The van der Waals surface area contributed by atoms with Crippen LogP contribution in [-0.4, -0.2) is 29.1 Å². The van der Waals surface area contributed by atoms with Gasteiger partial charge in [-0.1, -0.05) is 18.2 Å². The molecule has 6 nitrogen and oxygen atoms in total. The van der Waals surface area contributed by atoms with E-state index in [9.17, 15) is 10.1 Å². The number of rotatable bonds is 6. The number of pyridine rings is 1. The summed E-state index contributed by atoms with van der Waals surface area (Å²) < 4.78 is 7.03. The van der Waals surface area contributed by atoms with Gasteiger partial charge in [0.2, 0.25) is 5.88 Å². The molecule has 0 bridgehead atoms. The third-order valence-corrected chi connectivity index (χ3v) is 5.30. The Balaban J connectivity index is 1.37. The molecule has 0 aliphatic rings. The molecule has 0 atom stereocenters.